The second kappa shape index (κ2) is 7.64. The van der Waals surface area contributed by atoms with E-state index in [9.17, 15) is 8.42 Å². The Balaban J connectivity index is 1.53. The molecular weight excluding hydrogens is 342 g/mol. The molecule has 0 bridgehead atoms. The monoisotopic (exact) mass is 363 g/mol. The van der Waals surface area contributed by atoms with Crippen molar-refractivity contribution >= 4 is 21.6 Å². The highest BCUT2D eigenvalue weighted by molar-refractivity contribution is 7.91. The van der Waals surface area contributed by atoms with E-state index in [0.29, 0.717) is 24.7 Å². The van der Waals surface area contributed by atoms with Gasteiger partial charge in [0, 0.05) is 12.6 Å². The fourth-order valence-corrected chi connectivity index (χ4v) is 4.39. The lowest BCUT2D eigenvalue weighted by Gasteiger charge is -2.12. The third-order valence-electron chi connectivity index (χ3n) is 3.97. The number of rotatable bonds is 7. The van der Waals surface area contributed by atoms with Crippen molar-refractivity contribution in [3.05, 3.63) is 36.0 Å². The number of hydrogen-bond donors (Lipinski definition) is 2. The molecule has 1 fully saturated rings. The molecule has 2 heterocycles. The molecule has 2 N–H and O–H groups in total. The van der Waals surface area contributed by atoms with E-state index in [1.165, 1.54) is 6.20 Å². The maximum atomic E-state index is 11.5. The largest absolute Gasteiger partial charge is 0.497 e. The number of hydrogen-bond acceptors (Lipinski definition) is 8. The molecule has 1 aromatic carbocycles. The Kier molecular flexibility index (Phi) is 5.32. The van der Waals surface area contributed by atoms with Gasteiger partial charge < -0.3 is 15.4 Å². The molecule has 0 spiro atoms. The zero-order chi connectivity index (χ0) is 17.7. The van der Waals surface area contributed by atoms with Crippen molar-refractivity contribution in [2.24, 2.45) is 0 Å². The number of nitrogens with one attached hydrogen (secondary N) is 2. The van der Waals surface area contributed by atoms with Crippen LogP contribution in [0, 0.1) is 0 Å². The van der Waals surface area contributed by atoms with Gasteiger partial charge in [0.15, 0.2) is 15.7 Å². The van der Waals surface area contributed by atoms with Gasteiger partial charge in [-0.1, -0.05) is 12.1 Å². The van der Waals surface area contributed by atoms with Crippen LogP contribution in [0.25, 0.3) is 0 Å². The Morgan fingerprint density at radius 1 is 1.36 bits per heavy atom. The normalized spacial score (nSPS) is 18.7. The molecule has 0 amide bonds. The predicted octanol–water partition coefficient (Wildman–Crippen LogP) is 1.13. The molecule has 1 aliphatic rings. The van der Waals surface area contributed by atoms with Crippen LogP contribution in [0.1, 0.15) is 12.0 Å². The molecule has 25 heavy (non-hydrogen) atoms. The summed E-state index contributed by atoms with van der Waals surface area (Å²) in [4.78, 5) is 4.33. The first-order valence-electron chi connectivity index (χ1n) is 8.07. The van der Waals surface area contributed by atoms with Gasteiger partial charge >= 0.3 is 0 Å². The van der Waals surface area contributed by atoms with Crippen LogP contribution in [0.3, 0.4) is 0 Å². The molecular formula is C16H21N5O3S. The first-order chi connectivity index (χ1) is 12.0. The number of aromatic nitrogens is 3. The molecule has 1 atom stereocenters. The minimum atomic E-state index is -2.93. The highest BCUT2D eigenvalue weighted by Crippen LogP contribution is 2.16. The van der Waals surface area contributed by atoms with Gasteiger partial charge in [-0.25, -0.2) is 8.42 Å². The Bertz CT molecular complexity index is 828. The number of methoxy groups -OCH3 is 1. The quantitative estimate of drug-likeness (QED) is 0.754. The van der Waals surface area contributed by atoms with E-state index in [1.807, 2.05) is 24.3 Å². The van der Waals surface area contributed by atoms with Crippen LogP contribution >= 0.6 is 0 Å². The molecule has 3 rings (SSSR count). The van der Waals surface area contributed by atoms with Crippen molar-refractivity contribution in [3.8, 4) is 5.75 Å². The van der Waals surface area contributed by atoms with Crippen LogP contribution in [0.2, 0.25) is 0 Å². The number of benzene rings is 1. The topological polar surface area (TPSA) is 106 Å². The molecule has 1 unspecified atom stereocenters. The lowest BCUT2D eigenvalue weighted by Crippen LogP contribution is -2.22. The van der Waals surface area contributed by atoms with E-state index in [1.54, 1.807) is 7.11 Å². The van der Waals surface area contributed by atoms with Gasteiger partial charge in [0.25, 0.3) is 0 Å². The molecule has 1 saturated heterocycles. The Labute approximate surface area is 147 Å². The summed E-state index contributed by atoms with van der Waals surface area (Å²) < 4.78 is 28.2. The maximum absolute atomic E-state index is 11.5. The number of ether oxygens (including phenoxy) is 1. The average molecular weight is 363 g/mol. The number of sulfone groups is 1. The van der Waals surface area contributed by atoms with Crippen molar-refractivity contribution in [2.75, 3.05) is 35.8 Å². The van der Waals surface area contributed by atoms with Crippen molar-refractivity contribution in [3.63, 3.8) is 0 Å². The molecule has 1 aliphatic heterocycles. The summed E-state index contributed by atoms with van der Waals surface area (Å²) in [6.45, 7) is 0.649. The fourth-order valence-electron chi connectivity index (χ4n) is 2.71. The summed E-state index contributed by atoms with van der Waals surface area (Å²) in [5.41, 5.74) is 1.14. The van der Waals surface area contributed by atoms with Gasteiger partial charge in [-0.2, -0.15) is 10.1 Å². The second-order valence-electron chi connectivity index (χ2n) is 5.94. The predicted molar refractivity (Wildman–Crippen MR) is 95.7 cm³/mol. The molecule has 2 aromatic rings. The second-order valence-corrected chi connectivity index (χ2v) is 8.17. The van der Waals surface area contributed by atoms with Crippen LogP contribution in [-0.4, -0.2) is 54.8 Å². The zero-order valence-electron chi connectivity index (χ0n) is 14.0. The van der Waals surface area contributed by atoms with Crippen molar-refractivity contribution in [1.82, 2.24) is 15.2 Å². The molecule has 0 aliphatic carbocycles. The van der Waals surface area contributed by atoms with Gasteiger partial charge in [0.05, 0.1) is 24.8 Å². The van der Waals surface area contributed by atoms with E-state index in [2.05, 4.69) is 25.8 Å². The highest BCUT2D eigenvalue weighted by Gasteiger charge is 2.28. The van der Waals surface area contributed by atoms with E-state index >= 15 is 0 Å². The number of nitrogens with zero attached hydrogens (tertiary/aromatic N) is 3. The smallest absolute Gasteiger partial charge is 0.244 e. The third kappa shape index (κ3) is 5.02. The summed E-state index contributed by atoms with van der Waals surface area (Å²) >= 11 is 0. The molecule has 0 radical (unpaired) electrons. The fraction of sp³-hybridized carbons (Fsp3) is 0.438. The summed E-state index contributed by atoms with van der Waals surface area (Å²) in [5, 5.41) is 14.1. The Morgan fingerprint density at radius 2 is 2.24 bits per heavy atom. The lowest BCUT2D eigenvalue weighted by atomic mass is 10.1. The first kappa shape index (κ1) is 17.4. The summed E-state index contributed by atoms with van der Waals surface area (Å²) in [6.07, 6.45) is 2.88. The highest BCUT2D eigenvalue weighted by atomic mass is 32.2. The first-order valence-corrected chi connectivity index (χ1v) is 9.90. The zero-order valence-corrected chi connectivity index (χ0v) is 14.8. The summed E-state index contributed by atoms with van der Waals surface area (Å²) in [7, 11) is -1.28. The van der Waals surface area contributed by atoms with Gasteiger partial charge in [-0.3, -0.25) is 0 Å². The lowest BCUT2D eigenvalue weighted by molar-refractivity contribution is 0.414. The van der Waals surface area contributed by atoms with E-state index < -0.39 is 9.84 Å². The van der Waals surface area contributed by atoms with Crippen LogP contribution in [0.5, 0.6) is 5.75 Å². The molecule has 0 saturated carbocycles. The minimum absolute atomic E-state index is 0.119. The van der Waals surface area contributed by atoms with Crippen LogP contribution in [0.15, 0.2) is 30.5 Å². The maximum Gasteiger partial charge on any atom is 0.244 e. The van der Waals surface area contributed by atoms with Crippen molar-refractivity contribution in [2.45, 2.75) is 18.9 Å². The van der Waals surface area contributed by atoms with E-state index in [4.69, 9.17) is 4.74 Å². The Morgan fingerprint density at radius 3 is 3.00 bits per heavy atom. The SMILES string of the molecule is COc1cccc(CCNc2nncc(NC3CCS(=O)(=O)C3)n2)c1. The minimum Gasteiger partial charge on any atom is -0.497 e. The summed E-state index contributed by atoms with van der Waals surface area (Å²) in [6, 6.07) is 7.75. The number of anilines is 2. The molecule has 1 aromatic heterocycles. The van der Waals surface area contributed by atoms with Crippen molar-refractivity contribution in [1.29, 1.82) is 0 Å². The van der Waals surface area contributed by atoms with E-state index in [-0.39, 0.29) is 17.5 Å². The van der Waals surface area contributed by atoms with Gasteiger partial charge in [0.2, 0.25) is 5.95 Å². The standard InChI is InChI=1S/C16H21N5O3S/c1-24-14-4-2-3-12(9-14)5-7-17-16-20-15(10-18-21-16)19-13-6-8-25(22,23)11-13/h2-4,9-10,13H,5-8,11H2,1H3,(H2,17,19,20,21). The molecule has 134 valence electrons. The third-order valence-corrected chi connectivity index (χ3v) is 5.74. The van der Waals surface area contributed by atoms with E-state index in [0.717, 1.165) is 17.7 Å². The van der Waals surface area contributed by atoms with Gasteiger partial charge in [0.1, 0.15) is 5.75 Å². The molecule has 8 nitrogen and oxygen atoms in total. The summed E-state index contributed by atoms with van der Waals surface area (Å²) in [5.74, 6) is 2.12. The molecule has 9 heteroatoms. The van der Waals surface area contributed by atoms with Crippen LogP contribution in [-0.2, 0) is 16.3 Å². The van der Waals surface area contributed by atoms with Crippen LogP contribution < -0.4 is 15.4 Å². The van der Waals surface area contributed by atoms with Crippen LogP contribution in [0.4, 0.5) is 11.8 Å². The van der Waals surface area contributed by atoms with Crippen molar-refractivity contribution < 1.29 is 13.2 Å². The average Bonchev–Trinajstić information content (AvgIpc) is 2.94. The van der Waals surface area contributed by atoms with Gasteiger partial charge in [-0.05, 0) is 30.5 Å². The van der Waals surface area contributed by atoms with Gasteiger partial charge in [-0.15, -0.1) is 5.10 Å². The Hall–Kier alpha value is -2.42.